The van der Waals surface area contributed by atoms with E-state index in [9.17, 15) is 18.7 Å². The number of aliphatic hydroxyl groups excluding tert-OH is 2. The summed E-state index contributed by atoms with van der Waals surface area (Å²) in [7, 11) is 0. The second kappa shape index (κ2) is 4.67. The number of nitrogens with two attached hydrogens (primary N) is 1. The molecular weight excluding hydrogens is 288 g/mol. The second-order valence-corrected chi connectivity index (χ2v) is 4.40. The van der Waals surface area contributed by atoms with Crippen LogP contribution in [0.3, 0.4) is 0 Å². The minimum absolute atomic E-state index is 0.207. The molecule has 0 radical (unpaired) electrons. The van der Waals surface area contributed by atoms with E-state index >= 15 is 0 Å². The topological polar surface area (TPSA) is 111 Å². The molecule has 0 bridgehead atoms. The van der Waals surface area contributed by atoms with Crippen molar-refractivity contribution in [1.29, 1.82) is 0 Å². The largest absolute Gasteiger partial charge is 0.394 e. The highest BCUT2D eigenvalue weighted by Gasteiger charge is 2.59. The fourth-order valence-electron chi connectivity index (χ4n) is 1.74. The molecule has 1 aromatic heterocycles. The Morgan fingerprint density at radius 2 is 2.26 bits per heavy atom. The van der Waals surface area contributed by atoms with Crippen molar-refractivity contribution in [2.75, 3.05) is 12.3 Å². The molecule has 2 heterocycles. The molecule has 3 unspecified atom stereocenters. The van der Waals surface area contributed by atoms with Crippen LogP contribution in [0, 0.1) is 0 Å². The molecule has 1 fully saturated rings. The number of nitrogen functional groups attached to an aromatic ring is 1. The van der Waals surface area contributed by atoms with E-state index in [4.69, 9.17) is 27.2 Å². The fourth-order valence-corrected chi connectivity index (χ4v) is 1.89. The van der Waals surface area contributed by atoms with Crippen molar-refractivity contribution in [2.24, 2.45) is 0 Å². The van der Waals surface area contributed by atoms with E-state index in [2.05, 4.69) is 4.98 Å². The highest BCUT2D eigenvalue weighted by atomic mass is 35.5. The smallest absolute Gasteiger partial charge is 0.351 e. The average Bonchev–Trinajstić information content (AvgIpc) is 2.56. The lowest BCUT2D eigenvalue weighted by Gasteiger charge is -2.21. The van der Waals surface area contributed by atoms with Gasteiger partial charge >= 0.3 is 11.6 Å². The zero-order chi connectivity index (χ0) is 14.4. The Labute approximate surface area is 110 Å². The summed E-state index contributed by atoms with van der Waals surface area (Å²) in [6.45, 7) is -0.821. The van der Waals surface area contributed by atoms with Gasteiger partial charge in [-0.05, 0) is 0 Å². The first kappa shape index (κ1) is 14.1. The molecular formula is C9H10ClF2N3O4. The third-order valence-electron chi connectivity index (χ3n) is 2.75. The number of anilines is 1. The lowest BCUT2D eigenvalue weighted by molar-refractivity contribution is -0.140. The van der Waals surface area contributed by atoms with Crippen LogP contribution in [0.4, 0.5) is 14.6 Å². The molecule has 1 aromatic rings. The molecule has 1 aliphatic heterocycles. The lowest BCUT2D eigenvalue weighted by atomic mass is 10.1. The van der Waals surface area contributed by atoms with Gasteiger partial charge in [-0.2, -0.15) is 13.8 Å². The van der Waals surface area contributed by atoms with Gasteiger partial charge in [0.15, 0.2) is 6.10 Å². The summed E-state index contributed by atoms with van der Waals surface area (Å²) >= 11 is 5.60. The maximum absolute atomic E-state index is 13.8. The number of hydrogen-bond donors (Lipinski definition) is 3. The normalized spacial score (nSPS) is 29.6. The van der Waals surface area contributed by atoms with Crippen LogP contribution in [0.2, 0.25) is 5.02 Å². The van der Waals surface area contributed by atoms with Gasteiger partial charge in [-0.15, -0.1) is 0 Å². The Morgan fingerprint density at radius 1 is 1.63 bits per heavy atom. The minimum Gasteiger partial charge on any atom is -0.394 e. The quantitative estimate of drug-likeness (QED) is 0.670. The highest BCUT2D eigenvalue weighted by Crippen LogP contribution is 2.42. The minimum atomic E-state index is -3.78. The number of halogens is 3. The number of nitrogens with zero attached hydrogens (tertiary/aromatic N) is 2. The molecule has 0 saturated carbocycles. The molecule has 7 nitrogen and oxygen atoms in total. The Balaban J connectivity index is 2.48. The summed E-state index contributed by atoms with van der Waals surface area (Å²) in [6.07, 6.45) is -5.02. The fraction of sp³-hybridized carbons (Fsp3) is 0.556. The molecule has 10 heteroatoms. The zero-order valence-corrected chi connectivity index (χ0v) is 10.1. The van der Waals surface area contributed by atoms with E-state index < -0.39 is 36.7 Å². The van der Waals surface area contributed by atoms with Gasteiger partial charge in [0, 0.05) is 6.20 Å². The standard InChI is InChI=1S/C9H10ClF2N3O4/c10-3-1-15(8(18)14-6(3)13)7-9(11,12)5(17)4(2-16)19-7/h1,4-5,7,16-17H,2H2,(H2,13,14,18). The number of aromatic nitrogens is 2. The third-order valence-corrected chi connectivity index (χ3v) is 3.04. The van der Waals surface area contributed by atoms with Crippen molar-refractivity contribution in [1.82, 2.24) is 9.55 Å². The van der Waals surface area contributed by atoms with Crippen molar-refractivity contribution in [3.05, 3.63) is 21.7 Å². The zero-order valence-electron chi connectivity index (χ0n) is 9.33. The molecule has 1 saturated heterocycles. The van der Waals surface area contributed by atoms with Gasteiger partial charge in [-0.25, -0.2) is 4.79 Å². The summed E-state index contributed by atoms with van der Waals surface area (Å²) in [6, 6.07) is 0. The van der Waals surface area contributed by atoms with Crippen LogP contribution in [-0.4, -0.2) is 44.5 Å². The van der Waals surface area contributed by atoms with E-state index in [0.717, 1.165) is 6.20 Å². The third kappa shape index (κ3) is 2.18. The van der Waals surface area contributed by atoms with Crippen molar-refractivity contribution < 1.29 is 23.7 Å². The van der Waals surface area contributed by atoms with E-state index in [1.165, 1.54) is 0 Å². The van der Waals surface area contributed by atoms with Crippen molar-refractivity contribution in [3.8, 4) is 0 Å². The summed E-state index contributed by atoms with van der Waals surface area (Å²) < 4.78 is 32.8. The number of rotatable bonds is 2. The van der Waals surface area contributed by atoms with Crippen molar-refractivity contribution >= 4 is 17.4 Å². The van der Waals surface area contributed by atoms with Crippen LogP contribution >= 0.6 is 11.6 Å². The van der Waals surface area contributed by atoms with E-state index in [0.29, 0.717) is 4.57 Å². The maximum Gasteiger partial charge on any atom is 0.351 e. The number of alkyl halides is 2. The SMILES string of the molecule is Nc1nc(=O)n(C2OC(CO)C(O)C2(F)F)cc1Cl. The summed E-state index contributed by atoms with van der Waals surface area (Å²) in [5.41, 5.74) is 4.16. The van der Waals surface area contributed by atoms with Crippen LogP contribution in [0.15, 0.2) is 11.0 Å². The first-order valence-electron chi connectivity index (χ1n) is 5.15. The Hall–Kier alpha value is -1.29. The van der Waals surface area contributed by atoms with Gasteiger partial charge in [0.1, 0.15) is 11.9 Å². The van der Waals surface area contributed by atoms with Gasteiger partial charge < -0.3 is 20.7 Å². The average molecular weight is 298 g/mol. The van der Waals surface area contributed by atoms with E-state index in [-0.39, 0.29) is 10.8 Å². The van der Waals surface area contributed by atoms with Crippen LogP contribution in [0.25, 0.3) is 0 Å². The number of aliphatic hydroxyl groups is 2. The highest BCUT2D eigenvalue weighted by molar-refractivity contribution is 6.32. The van der Waals surface area contributed by atoms with Gasteiger partial charge in [-0.3, -0.25) is 4.57 Å². The Bertz CT molecular complexity index is 553. The van der Waals surface area contributed by atoms with Crippen LogP contribution < -0.4 is 11.4 Å². The molecule has 3 atom stereocenters. The predicted molar refractivity (Wildman–Crippen MR) is 59.9 cm³/mol. The summed E-state index contributed by atoms with van der Waals surface area (Å²) in [4.78, 5) is 14.8. The molecule has 19 heavy (non-hydrogen) atoms. The maximum atomic E-state index is 13.8. The van der Waals surface area contributed by atoms with E-state index in [1.54, 1.807) is 0 Å². The number of hydrogen-bond acceptors (Lipinski definition) is 6. The Morgan fingerprint density at radius 3 is 2.79 bits per heavy atom. The van der Waals surface area contributed by atoms with Crippen molar-refractivity contribution in [3.63, 3.8) is 0 Å². The van der Waals surface area contributed by atoms with Gasteiger partial charge in [-0.1, -0.05) is 11.6 Å². The predicted octanol–water partition coefficient (Wildman–Crippen LogP) is -0.635. The monoisotopic (exact) mass is 297 g/mol. The second-order valence-electron chi connectivity index (χ2n) is 3.99. The molecule has 1 aliphatic rings. The molecule has 0 aliphatic carbocycles. The molecule has 0 amide bonds. The van der Waals surface area contributed by atoms with Crippen molar-refractivity contribution in [2.45, 2.75) is 24.4 Å². The van der Waals surface area contributed by atoms with Crippen LogP contribution in [-0.2, 0) is 4.74 Å². The first-order valence-corrected chi connectivity index (χ1v) is 5.53. The van der Waals surface area contributed by atoms with Gasteiger partial charge in [0.05, 0.1) is 11.6 Å². The molecule has 0 aromatic carbocycles. The molecule has 106 valence electrons. The summed E-state index contributed by atoms with van der Waals surface area (Å²) in [5, 5.41) is 18.0. The Kier molecular flexibility index (Phi) is 3.47. The van der Waals surface area contributed by atoms with E-state index in [1.807, 2.05) is 0 Å². The lowest BCUT2D eigenvalue weighted by Crippen LogP contribution is -2.41. The molecule has 4 N–H and O–H groups in total. The van der Waals surface area contributed by atoms with Crippen LogP contribution in [0.1, 0.15) is 6.23 Å². The molecule has 2 rings (SSSR count). The van der Waals surface area contributed by atoms with Crippen LogP contribution in [0.5, 0.6) is 0 Å². The van der Waals surface area contributed by atoms with Gasteiger partial charge in [0.25, 0.3) is 0 Å². The summed E-state index contributed by atoms with van der Waals surface area (Å²) in [5.74, 6) is -4.08. The van der Waals surface area contributed by atoms with Gasteiger partial charge in [0.2, 0.25) is 6.23 Å². The number of ether oxygens (including phenoxy) is 1. The molecule has 0 spiro atoms. The first-order chi connectivity index (χ1) is 8.78.